The van der Waals surface area contributed by atoms with Crippen molar-refractivity contribution in [3.05, 3.63) is 23.8 Å². The minimum absolute atomic E-state index is 0.172. The zero-order chi connectivity index (χ0) is 13.2. The molecule has 0 aliphatic carbocycles. The fourth-order valence-electron chi connectivity index (χ4n) is 1.56. The van der Waals surface area contributed by atoms with Gasteiger partial charge in [-0.3, -0.25) is 4.79 Å². The predicted molar refractivity (Wildman–Crippen MR) is 64.3 cm³/mol. The first-order valence-corrected chi connectivity index (χ1v) is 5.71. The maximum Gasteiger partial charge on any atom is 0.252 e. The summed E-state index contributed by atoms with van der Waals surface area (Å²) in [5, 5.41) is 11.7. The second kappa shape index (κ2) is 4.57. The van der Waals surface area contributed by atoms with Gasteiger partial charge in [-0.1, -0.05) is 6.92 Å². The molecule has 5 nitrogen and oxygen atoms in total. The third-order valence-corrected chi connectivity index (χ3v) is 2.98. The summed E-state index contributed by atoms with van der Waals surface area (Å²) in [6.45, 7) is 3.71. The molecule has 1 atom stereocenters. The van der Waals surface area contributed by atoms with Crippen molar-refractivity contribution in [2.75, 3.05) is 6.79 Å². The average Bonchev–Trinajstić information content (AvgIpc) is 2.85. The first kappa shape index (κ1) is 12.2. The number of carbonyl (C=O) groups is 1. The molecule has 0 saturated carbocycles. The molecular formula is C13H14N2O3. The van der Waals surface area contributed by atoms with Crippen molar-refractivity contribution in [2.24, 2.45) is 0 Å². The van der Waals surface area contributed by atoms with E-state index in [0.29, 0.717) is 23.5 Å². The summed E-state index contributed by atoms with van der Waals surface area (Å²) in [4.78, 5) is 12.0. The van der Waals surface area contributed by atoms with Gasteiger partial charge in [0.2, 0.25) is 6.79 Å². The Balaban J connectivity index is 2.18. The first-order valence-electron chi connectivity index (χ1n) is 5.71. The van der Waals surface area contributed by atoms with E-state index >= 15 is 0 Å². The van der Waals surface area contributed by atoms with Crippen LogP contribution in [-0.2, 0) is 0 Å². The van der Waals surface area contributed by atoms with Crippen LogP contribution in [0.15, 0.2) is 18.2 Å². The molecule has 0 fully saturated rings. The van der Waals surface area contributed by atoms with Gasteiger partial charge >= 0.3 is 0 Å². The molecule has 1 unspecified atom stereocenters. The molecule has 1 heterocycles. The number of hydrogen-bond acceptors (Lipinski definition) is 4. The number of nitriles is 1. The van der Waals surface area contributed by atoms with Crippen molar-refractivity contribution in [1.29, 1.82) is 5.26 Å². The molecule has 1 amide bonds. The summed E-state index contributed by atoms with van der Waals surface area (Å²) >= 11 is 0. The van der Waals surface area contributed by atoms with Crippen LogP contribution in [0, 0.1) is 11.3 Å². The monoisotopic (exact) mass is 246 g/mol. The molecule has 1 aliphatic heterocycles. The number of rotatable bonds is 3. The Labute approximate surface area is 105 Å². The summed E-state index contributed by atoms with van der Waals surface area (Å²) in [6, 6.07) is 7.05. The van der Waals surface area contributed by atoms with E-state index < -0.39 is 5.54 Å². The van der Waals surface area contributed by atoms with Gasteiger partial charge in [0.05, 0.1) is 6.07 Å². The largest absolute Gasteiger partial charge is 0.454 e. The molecule has 5 heteroatoms. The highest BCUT2D eigenvalue weighted by molar-refractivity contribution is 5.95. The lowest BCUT2D eigenvalue weighted by Gasteiger charge is -2.21. The molecule has 1 aromatic carbocycles. The normalized spacial score (nSPS) is 15.6. The number of nitrogens with one attached hydrogen (secondary N) is 1. The Kier molecular flexibility index (Phi) is 3.11. The highest BCUT2D eigenvalue weighted by atomic mass is 16.7. The van der Waals surface area contributed by atoms with Gasteiger partial charge in [0.25, 0.3) is 5.91 Å². The standard InChI is InChI=1S/C13H14N2O3/c1-3-13(2,7-14)15-12(16)9-4-5-10-11(6-9)18-8-17-10/h4-6H,3,8H2,1-2H3,(H,15,16). The molecule has 1 aromatic rings. The SMILES string of the molecule is CCC(C)(C#N)NC(=O)c1ccc2c(c1)OCO2. The molecule has 0 radical (unpaired) electrons. The lowest BCUT2D eigenvalue weighted by molar-refractivity contribution is 0.0922. The topological polar surface area (TPSA) is 71.4 Å². The lowest BCUT2D eigenvalue weighted by Crippen LogP contribution is -2.44. The second-order valence-corrected chi connectivity index (χ2v) is 4.32. The molecule has 1 N–H and O–H groups in total. The van der Waals surface area contributed by atoms with E-state index in [1.54, 1.807) is 25.1 Å². The van der Waals surface area contributed by atoms with Crippen LogP contribution < -0.4 is 14.8 Å². The van der Waals surface area contributed by atoms with Gasteiger partial charge in [-0.2, -0.15) is 5.26 Å². The fraction of sp³-hybridized carbons (Fsp3) is 0.385. The van der Waals surface area contributed by atoms with Crippen LogP contribution in [0.25, 0.3) is 0 Å². The van der Waals surface area contributed by atoms with E-state index in [9.17, 15) is 4.79 Å². The molecule has 0 spiro atoms. The molecular weight excluding hydrogens is 232 g/mol. The van der Waals surface area contributed by atoms with Crippen molar-refractivity contribution in [3.8, 4) is 17.6 Å². The Bertz CT molecular complexity index is 521. The molecule has 0 bridgehead atoms. The average molecular weight is 246 g/mol. The minimum Gasteiger partial charge on any atom is -0.454 e. The molecule has 94 valence electrons. The van der Waals surface area contributed by atoms with Crippen LogP contribution in [-0.4, -0.2) is 18.2 Å². The Morgan fingerprint density at radius 2 is 2.22 bits per heavy atom. The number of amides is 1. The van der Waals surface area contributed by atoms with Crippen molar-refractivity contribution in [1.82, 2.24) is 5.32 Å². The number of hydrogen-bond donors (Lipinski definition) is 1. The third-order valence-electron chi connectivity index (χ3n) is 2.98. The van der Waals surface area contributed by atoms with Crippen LogP contribution in [0.4, 0.5) is 0 Å². The van der Waals surface area contributed by atoms with E-state index in [0.717, 1.165) is 0 Å². The van der Waals surface area contributed by atoms with Gasteiger partial charge in [-0.05, 0) is 31.5 Å². The van der Waals surface area contributed by atoms with E-state index in [2.05, 4.69) is 11.4 Å². The van der Waals surface area contributed by atoms with Gasteiger partial charge in [0, 0.05) is 5.56 Å². The number of nitrogens with zero attached hydrogens (tertiary/aromatic N) is 1. The zero-order valence-electron chi connectivity index (χ0n) is 10.3. The van der Waals surface area contributed by atoms with Crippen LogP contribution in [0.5, 0.6) is 11.5 Å². The number of benzene rings is 1. The highest BCUT2D eigenvalue weighted by Crippen LogP contribution is 2.32. The van der Waals surface area contributed by atoms with Crippen molar-refractivity contribution < 1.29 is 14.3 Å². The number of carbonyl (C=O) groups excluding carboxylic acids is 1. The predicted octanol–water partition coefficient (Wildman–Crippen LogP) is 1.84. The zero-order valence-corrected chi connectivity index (χ0v) is 10.3. The van der Waals surface area contributed by atoms with E-state index in [-0.39, 0.29) is 12.7 Å². The van der Waals surface area contributed by atoms with Crippen LogP contribution in [0.3, 0.4) is 0 Å². The minimum atomic E-state index is -0.854. The lowest BCUT2D eigenvalue weighted by atomic mass is 10.0. The Morgan fingerprint density at radius 3 is 2.89 bits per heavy atom. The first-order chi connectivity index (χ1) is 8.58. The summed E-state index contributed by atoms with van der Waals surface area (Å²) < 4.78 is 10.4. The maximum atomic E-state index is 12.0. The molecule has 1 aliphatic rings. The fourth-order valence-corrected chi connectivity index (χ4v) is 1.56. The summed E-state index contributed by atoms with van der Waals surface area (Å²) in [6.07, 6.45) is 0.541. The number of ether oxygens (including phenoxy) is 2. The van der Waals surface area contributed by atoms with Crippen molar-refractivity contribution >= 4 is 5.91 Å². The summed E-state index contributed by atoms with van der Waals surface area (Å²) in [7, 11) is 0. The quantitative estimate of drug-likeness (QED) is 0.883. The molecule has 0 aromatic heterocycles. The second-order valence-electron chi connectivity index (χ2n) is 4.32. The van der Waals surface area contributed by atoms with Gasteiger partial charge in [-0.25, -0.2) is 0 Å². The van der Waals surface area contributed by atoms with Crippen LogP contribution in [0.2, 0.25) is 0 Å². The van der Waals surface area contributed by atoms with Gasteiger partial charge in [0.1, 0.15) is 5.54 Å². The van der Waals surface area contributed by atoms with Gasteiger partial charge < -0.3 is 14.8 Å². The Hall–Kier alpha value is -2.22. The van der Waals surface area contributed by atoms with Crippen molar-refractivity contribution in [2.45, 2.75) is 25.8 Å². The van der Waals surface area contributed by atoms with E-state index in [1.165, 1.54) is 0 Å². The highest BCUT2D eigenvalue weighted by Gasteiger charge is 2.25. The van der Waals surface area contributed by atoms with E-state index in [1.807, 2.05) is 6.92 Å². The number of fused-ring (bicyclic) bond motifs is 1. The van der Waals surface area contributed by atoms with Gasteiger partial charge in [0.15, 0.2) is 11.5 Å². The smallest absolute Gasteiger partial charge is 0.252 e. The summed E-state index contributed by atoms with van der Waals surface area (Å²) in [5.41, 5.74) is -0.401. The van der Waals surface area contributed by atoms with Crippen LogP contribution in [0.1, 0.15) is 30.6 Å². The third kappa shape index (κ3) is 2.23. The maximum absolute atomic E-state index is 12.0. The van der Waals surface area contributed by atoms with E-state index in [4.69, 9.17) is 14.7 Å². The summed E-state index contributed by atoms with van der Waals surface area (Å²) in [5.74, 6) is 0.891. The molecule has 18 heavy (non-hydrogen) atoms. The van der Waals surface area contributed by atoms with Crippen LogP contribution >= 0.6 is 0 Å². The molecule has 2 rings (SSSR count). The van der Waals surface area contributed by atoms with Gasteiger partial charge in [-0.15, -0.1) is 0 Å². The Morgan fingerprint density at radius 1 is 1.50 bits per heavy atom. The molecule has 0 saturated heterocycles. The van der Waals surface area contributed by atoms with Crippen molar-refractivity contribution in [3.63, 3.8) is 0 Å².